The lowest BCUT2D eigenvalue weighted by atomic mass is 9.87. The Balaban J connectivity index is 1.48. The van der Waals surface area contributed by atoms with Gasteiger partial charge in [-0.05, 0) is 55.0 Å². The van der Waals surface area contributed by atoms with E-state index in [4.69, 9.17) is 9.47 Å². The van der Waals surface area contributed by atoms with Gasteiger partial charge in [0.15, 0.2) is 17.1 Å². The van der Waals surface area contributed by atoms with Crippen LogP contribution in [0.1, 0.15) is 66.7 Å². The number of carbonyl (C=O) groups excluding carboxylic acids is 2. The Morgan fingerprint density at radius 2 is 1.84 bits per heavy atom. The zero-order valence-corrected chi connectivity index (χ0v) is 27.3. The zero-order chi connectivity index (χ0) is 31.3. The molecule has 1 unspecified atom stereocenters. The minimum absolute atomic E-state index is 0.0550. The van der Waals surface area contributed by atoms with Gasteiger partial charge >= 0.3 is 5.97 Å². The number of carbonyl (C=O) groups is 2. The van der Waals surface area contributed by atoms with Crippen molar-refractivity contribution in [1.29, 1.82) is 0 Å². The highest BCUT2D eigenvalue weighted by atomic mass is 32.2. The molecular weight excluding hydrogens is 581 g/mol. The zero-order valence-electron chi connectivity index (χ0n) is 25.7. The molecule has 2 aromatic heterocycles. The van der Waals surface area contributed by atoms with Crippen LogP contribution in [0.4, 0.5) is 5.00 Å². The molecule has 0 aliphatic rings. The lowest BCUT2D eigenvalue weighted by molar-refractivity contribution is -0.113. The van der Waals surface area contributed by atoms with Crippen LogP contribution in [0.2, 0.25) is 0 Å². The summed E-state index contributed by atoms with van der Waals surface area (Å²) in [5.74, 6) is 0.655. The first kappa shape index (κ1) is 32.0. The molecule has 0 aliphatic carbocycles. The molecule has 0 saturated carbocycles. The number of hydrogen-bond donors (Lipinski definition) is 1. The van der Waals surface area contributed by atoms with Crippen molar-refractivity contribution in [3.05, 3.63) is 88.6 Å². The van der Waals surface area contributed by atoms with Crippen molar-refractivity contribution >= 4 is 40.0 Å². The standard InChI is InChI=1S/C33H38N4O4S2/c1-9-16-37-29(22(4)41-24-14-12-23(13-15-24)33(5,6)7)35-36-32(37)43-19-27(38)34-30-28(31(39)40-8)26(18-42-30)25-17-20(2)10-11-21(25)3/h9-15,17-18,22H,1,16,19H2,2-8H3,(H,34,38). The van der Waals surface area contributed by atoms with Crippen LogP contribution in [0.15, 0.2) is 65.7 Å². The Morgan fingerprint density at radius 3 is 2.49 bits per heavy atom. The van der Waals surface area contributed by atoms with Gasteiger partial charge in [0.2, 0.25) is 5.91 Å². The molecule has 0 bridgehead atoms. The molecule has 2 aromatic carbocycles. The molecule has 0 radical (unpaired) electrons. The predicted octanol–water partition coefficient (Wildman–Crippen LogP) is 7.76. The quantitative estimate of drug-likeness (QED) is 0.104. The molecule has 226 valence electrons. The predicted molar refractivity (Wildman–Crippen MR) is 174 cm³/mol. The van der Waals surface area contributed by atoms with E-state index in [2.05, 4.69) is 55.0 Å². The molecule has 1 atom stereocenters. The molecule has 4 aromatic rings. The summed E-state index contributed by atoms with van der Waals surface area (Å²) in [6.07, 6.45) is 1.37. The van der Waals surface area contributed by atoms with E-state index in [1.54, 1.807) is 6.08 Å². The van der Waals surface area contributed by atoms with Gasteiger partial charge in [0.05, 0.1) is 12.9 Å². The number of nitrogens with one attached hydrogen (secondary N) is 1. The summed E-state index contributed by atoms with van der Waals surface area (Å²) in [6, 6.07) is 14.1. The van der Waals surface area contributed by atoms with Gasteiger partial charge in [-0.1, -0.05) is 74.5 Å². The van der Waals surface area contributed by atoms with Crippen molar-refractivity contribution in [2.45, 2.75) is 64.8 Å². The number of methoxy groups -OCH3 is 1. The first-order valence-corrected chi connectivity index (χ1v) is 15.8. The summed E-state index contributed by atoms with van der Waals surface area (Å²) in [5.41, 5.74) is 5.39. The van der Waals surface area contributed by atoms with Gasteiger partial charge in [-0.3, -0.25) is 9.36 Å². The van der Waals surface area contributed by atoms with E-state index < -0.39 is 5.97 Å². The number of thiophene rings is 1. The molecule has 0 spiro atoms. The average Bonchev–Trinajstić information content (AvgIpc) is 3.56. The van der Waals surface area contributed by atoms with Gasteiger partial charge in [-0.25, -0.2) is 4.79 Å². The molecule has 43 heavy (non-hydrogen) atoms. The van der Waals surface area contributed by atoms with E-state index in [0.717, 1.165) is 28.0 Å². The fourth-order valence-corrected chi connectivity index (χ4v) is 6.29. The third-order valence-electron chi connectivity index (χ3n) is 6.90. The maximum Gasteiger partial charge on any atom is 0.341 e. The molecule has 0 fully saturated rings. The molecule has 1 amide bonds. The maximum absolute atomic E-state index is 13.1. The van der Waals surface area contributed by atoms with Crippen LogP contribution in [-0.2, 0) is 21.5 Å². The molecule has 8 nitrogen and oxygen atoms in total. The summed E-state index contributed by atoms with van der Waals surface area (Å²) in [5, 5.41) is 14.5. The van der Waals surface area contributed by atoms with E-state index in [1.807, 2.05) is 61.1 Å². The van der Waals surface area contributed by atoms with Gasteiger partial charge in [0.1, 0.15) is 16.3 Å². The van der Waals surface area contributed by atoms with Crippen LogP contribution in [0.5, 0.6) is 5.75 Å². The Bertz CT molecular complexity index is 1620. The number of ether oxygens (including phenoxy) is 2. The number of esters is 1. The van der Waals surface area contributed by atoms with Gasteiger partial charge in [-0.15, -0.1) is 28.1 Å². The van der Waals surface area contributed by atoms with Crippen molar-refractivity contribution in [2.75, 3.05) is 18.2 Å². The Hall–Kier alpha value is -3.89. The maximum atomic E-state index is 13.1. The highest BCUT2D eigenvalue weighted by Gasteiger charge is 2.24. The van der Waals surface area contributed by atoms with Crippen molar-refractivity contribution in [2.24, 2.45) is 0 Å². The average molecular weight is 619 g/mol. The van der Waals surface area contributed by atoms with Crippen LogP contribution >= 0.6 is 23.1 Å². The second kappa shape index (κ2) is 13.6. The number of amides is 1. The van der Waals surface area contributed by atoms with E-state index in [0.29, 0.717) is 28.1 Å². The van der Waals surface area contributed by atoms with Crippen LogP contribution in [0.25, 0.3) is 11.1 Å². The van der Waals surface area contributed by atoms with E-state index in [1.165, 1.54) is 35.8 Å². The summed E-state index contributed by atoms with van der Waals surface area (Å²) in [4.78, 5) is 25.9. The van der Waals surface area contributed by atoms with Gasteiger partial charge < -0.3 is 14.8 Å². The van der Waals surface area contributed by atoms with Gasteiger partial charge in [-0.2, -0.15) is 0 Å². The number of benzene rings is 2. The Morgan fingerprint density at radius 1 is 1.12 bits per heavy atom. The Labute approximate surface area is 261 Å². The molecule has 2 heterocycles. The fourth-order valence-electron chi connectivity index (χ4n) is 4.57. The van der Waals surface area contributed by atoms with Crippen LogP contribution in [0, 0.1) is 13.8 Å². The van der Waals surface area contributed by atoms with Crippen molar-refractivity contribution in [3.8, 4) is 16.9 Å². The number of aryl methyl sites for hydroxylation is 2. The number of aromatic nitrogens is 3. The number of thioether (sulfide) groups is 1. The fraction of sp³-hybridized carbons (Fsp3) is 0.333. The monoisotopic (exact) mass is 618 g/mol. The number of allylic oxidation sites excluding steroid dienone is 1. The molecule has 1 N–H and O–H groups in total. The smallest absolute Gasteiger partial charge is 0.341 e. The molecule has 4 rings (SSSR count). The van der Waals surface area contributed by atoms with Gasteiger partial charge in [0.25, 0.3) is 0 Å². The number of rotatable bonds is 11. The molecule has 0 saturated heterocycles. The van der Waals surface area contributed by atoms with E-state index >= 15 is 0 Å². The Kier molecular flexibility index (Phi) is 10.1. The summed E-state index contributed by atoms with van der Waals surface area (Å²) in [7, 11) is 1.34. The highest BCUT2D eigenvalue weighted by Crippen LogP contribution is 2.38. The summed E-state index contributed by atoms with van der Waals surface area (Å²) in [6.45, 7) is 16.8. The number of hydrogen-bond acceptors (Lipinski definition) is 8. The third kappa shape index (κ3) is 7.55. The summed E-state index contributed by atoms with van der Waals surface area (Å²) < 4.78 is 13.2. The lowest BCUT2D eigenvalue weighted by Gasteiger charge is -2.20. The largest absolute Gasteiger partial charge is 0.483 e. The van der Waals surface area contributed by atoms with Crippen molar-refractivity contribution < 1.29 is 19.1 Å². The lowest BCUT2D eigenvalue weighted by Crippen LogP contribution is -2.17. The minimum atomic E-state index is -0.502. The third-order valence-corrected chi connectivity index (χ3v) is 8.77. The van der Waals surface area contributed by atoms with E-state index in [-0.39, 0.29) is 23.2 Å². The minimum Gasteiger partial charge on any atom is -0.483 e. The van der Waals surface area contributed by atoms with Crippen LogP contribution < -0.4 is 10.1 Å². The second-order valence-corrected chi connectivity index (χ2v) is 13.1. The normalized spacial score (nSPS) is 12.1. The first-order valence-electron chi connectivity index (χ1n) is 13.9. The first-order chi connectivity index (χ1) is 20.4. The van der Waals surface area contributed by atoms with E-state index in [9.17, 15) is 9.59 Å². The van der Waals surface area contributed by atoms with Crippen LogP contribution in [0.3, 0.4) is 0 Å². The number of nitrogens with zero attached hydrogens (tertiary/aromatic N) is 3. The van der Waals surface area contributed by atoms with Crippen molar-refractivity contribution in [1.82, 2.24) is 14.8 Å². The number of anilines is 1. The van der Waals surface area contributed by atoms with Crippen molar-refractivity contribution in [3.63, 3.8) is 0 Å². The summed E-state index contributed by atoms with van der Waals surface area (Å²) >= 11 is 2.55. The second-order valence-electron chi connectivity index (χ2n) is 11.3. The SMILES string of the molecule is C=CCn1c(SCC(=O)Nc2scc(-c3cc(C)ccc3C)c2C(=O)OC)nnc1C(C)Oc1ccc(C(C)(C)C)cc1. The van der Waals surface area contributed by atoms with Gasteiger partial charge in [0, 0.05) is 17.5 Å². The van der Waals surface area contributed by atoms with Crippen LogP contribution in [-0.4, -0.2) is 39.5 Å². The highest BCUT2D eigenvalue weighted by molar-refractivity contribution is 7.99. The molecule has 10 heteroatoms. The molecule has 0 aliphatic heterocycles. The molecular formula is C33H38N4O4S2. The topological polar surface area (TPSA) is 95.3 Å².